The van der Waals surface area contributed by atoms with Crippen LogP contribution in [-0.2, 0) is 6.42 Å². The van der Waals surface area contributed by atoms with Crippen LogP contribution in [0.2, 0.25) is 0 Å². The lowest BCUT2D eigenvalue weighted by Gasteiger charge is -1.90. The first-order valence-electron chi connectivity index (χ1n) is 3.58. The lowest BCUT2D eigenvalue weighted by Crippen LogP contribution is -1.86. The fourth-order valence-electron chi connectivity index (χ4n) is 0.582. The highest BCUT2D eigenvalue weighted by Gasteiger charge is 2.07. The van der Waals surface area contributed by atoms with E-state index in [4.69, 9.17) is 1.37 Å². The molecule has 0 atom stereocenters. The molecule has 6 heteroatoms. The highest BCUT2D eigenvalue weighted by molar-refractivity contribution is 4.93. The maximum atomic E-state index is 12.2. The molecular weight excluding hydrogens is 173 g/mol. The Morgan fingerprint density at radius 2 is 2.33 bits per heavy atom. The van der Waals surface area contributed by atoms with E-state index in [0.29, 0.717) is 0 Å². The molecule has 1 rings (SSSR count). The molecule has 0 aromatic carbocycles. The van der Waals surface area contributed by atoms with Gasteiger partial charge in [-0.25, -0.2) is 4.39 Å². The average Bonchev–Trinajstić information content (AvgIpc) is 2.47. The minimum absolute atomic E-state index is 0.0265. The second-order valence-electron chi connectivity index (χ2n) is 1.95. The molecule has 1 heterocycles. The molecule has 0 fully saturated rings. The first kappa shape index (κ1) is 7.33. The van der Waals surface area contributed by atoms with Crippen molar-refractivity contribution in [2.75, 3.05) is 0 Å². The fourth-order valence-corrected chi connectivity index (χ4v) is 0.582. The highest BCUT2D eigenvalue weighted by Crippen LogP contribution is 2.14. The number of hydrogen-bond acceptors (Lipinski definition) is 3. The normalized spacial score (nSPS) is 11.1. The quantitative estimate of drug-likeness (QED) is 0.712. The van der Waals surface area contributed by atoms with Crippen LogP contribution in [0.4, 0.5) is 13.2 Å². The van der Waals surface area contributed by atoms with Gasteiger partial charge < -0.3 is 4.52 Å². The van der Waals surface area contributed by atoms with Crippen molar-refractivity contribution in [3.05, 3.63) is 24.1 Å². The summed E-state index contributed by atoms with van der Waals surface area (Å²) in [6.07, 6.45) is -3.32. The first-order valence-corrected chi connectivity index (χ1v) is 3.08. The predicted molar refractivity (Wildman–Crippen MR) is 33.0 cm³/mol. The molecule has 0 saturated heterocycles. The third-order valence-corrected chi connectivity index (χ3v) is 1.13. The molecule has 12 heavy (non-hydrogen) atoms. The highest BCUT2D eigenvalue weighted by atomic mass is 19.3. The summed E-state index contributed by atoms with van der Waals surface area (Å²) in [5.74, 6) is -1.52. The van der Waals surface area contributed by atoms with E-state index in [2.05, 4.69) is 14.7 Å². The largest absolute Gasteiger partial charge is 0.340 e. The number of allylic oxidation sites excluding steroid dienone is 1. The molecule has 0 N–H and O–H groups in total. The molecule has 0 bridgehead atoms. The maximum absolute atomic E-state index is 12.2. The maximum Gasteiger partial charge on any atom is 0.301 e. The minimum Gasteiger partial charge on any atom is -0.340 e. The van der Waals surface area contributed by atoms with Gasteiger partial charge in [-0.3, -0.25) is 0 Å². The summed E-state index contributed by atoms with van der Waals surface area (Å²) in [5.41, 5.74) is 0. The second-order valence-corrected chi connectivity index (χ2v) is 1.95. The van der Waals surface area contributed by atoms with Crippen molar-refractivity contribution in [1.29, 1.82) is 0 Å². The Hall–Kier alpha value is -1.33. The van der Waals surface area contributed by atoms with Gasteiger partial charge in [-0.2, -0.15) is 13.8 Å². The number of aryl methyl sites for hydroxylation is 1. The number of hydrogen-bond donors (Lipinski definition) is 0. The van der Waals surface area contributed by atoms with Crippen molar-refractivity contribution in [2.45, 2.75) is 12.8 Å². The van der Waals surface area contributed by atoms with Gasteiger partial charge in [-0.1, -0.05) is 5.16 Å². The Bertz CT molecular complexity index is 321. The van der Waals surface area contributed by atoms with Gasteiger partial charge in [0.25, 0.3) is 0 Å². The zero-order valence-electron chi connectivity index (χ0n) is 6.85. The van der Waals surface area contributed by atoms with Gasteiger partial charge in [0.2, 0.25) is 5.89 Å². The van der Waals surface area contributed by atoms with Gasteiger partial charge in [0.15, 0.2) is 12.1 Å². The summed E-state index contributed by atoms with van der Waals surface area (Å²) in [7, 11) is 0. The minimum atomic E-state index is -2.34. The van der Waals surface area contributed by atoms with Crippen LogP contribution in [0.25, 0.3) is 0 Å². The Morgan fingerprint density at radius 1 is 1.58 bits per heavy atom. The number of nitrogens with zero attached hydrogens (tertiary/aromatic N) is 2. The van der Waals surface area contributed by atoms with Crippen molar-refractivity contribution in [3.63, 3.8) is 0 Å². The Balaban J connectivity index is 2.49. The fraction of sp³-hybridized carbons (Fsp3) is 0.333. The van der Waals surface area contributed by atoms with Crippen LogP contribution in [0, 0.1) is 0 Å². The molecule has 0 aliphatic heterocycles. The van der Waals surface area contributed by atoms with E-state index in [1.165, 1.54) is 0 Å². The summed E-state index contributed by atoms with van der Waals surface area (Å²) in [5, 5.41) is 3.09. The Morgan fingerprint density at radius 3 is 2.83 bits per heavy atom. The smallest absolute Gasteiger partial charge is 0.301 e. The standard InChI is InChI=1S/C6H5F3N2O/c7-4(6(8)9)1-2-5-10-3-11-12-5/h3H,1-2H2/i3D. The van der Waals surface area contributed by atoms with Crippen LogP contribution < -0.4 is 0 Å². The number of aromatic nitrogens is 2. The number of halogens is 3. The van der Waals surface area contributed by atoms with E-state index >= 15 is 0 Å². The van der Waals surface area contributed by atoms with Gasteiger partial charge in [-0.05, 0) is 0 Å². The molecule has 3 nitrogen and oxygen atoms in total. The van der Waals surface area contributed by atoms with E-state index in [1.807, 2.05) is 0 Å². The van der Waals surface area contributed by atoms with Crippen LogP contribution in [0.3, 0.4) is 0 Å². The van der Waals surface area contributed by atoms with Gasteiger partial charge in [0, 0.05) is 12.8 Å². The third-order valence-electron chi connectivity index (χ3n) is 1.13. The Labute approximate surface area is 67.3 Å². The van der Waals surface area contributed by atoms with Crippen LogP contribution in [-0.4, -0.2) is 10.1 Å². The molecule has 0 aliphatic carbocycles. The van der Waals surface area contributed by atoms with E-state index in [1.54, 1.807) is 0 Å². The van der Waals surface area contributed by atoms with Crippen molar-refractivity contribution in [1.82, 2.24) is 10.1 Å². The third kappa shape index (κ3) is 2.37. The Kier molecular flexibility index (Phi) is 2.37. The van der Waals surface area contributed by atoms with E-state index in [9.17, 15) is 13.2 Å². The van der Waals surface area contributed by atoms with E-state index < -0.39 is 18.3 Å². The van der Waals surface area contributed by atoms with Gasteiger partial charge in [-0.15, -0.1) is 0 Å². The van der Waals surface area contributed by atoms with Crippen molar-refractivity contribution in [2.24, 2.45) is 0 Å². The SMILES string of the molecule is [2H]c1noc(CCC(F)=C(F)F)n1. The van der Waals surface area contributed by atoms with Crippen molar-refractivity contribution < 1.29 is 19.1 Å². The topological polar surface area (TPSA) is 38.9 Å². The second kappa shape index (κ2) is 3.89. The molecule has 0 amide bonds. The zero-order valence-corrected chi connectivity index (χ0v) is 5.85. The van der Waals surface area contributed by atoms with Crippen molar-refractivity contribution in [3.8, 4) is 0 Å². The zero-order chi connectivity index (χ0) is 9.84. The first-order chi connectivity index (χ1) is 6.09. The lowest BCUT2D eigenvalue weighted by molar-refractivity contribution is 0.353. The summed E-state index contributed by atoms with van der Waals surface area (Å²) >= 11 is 0. The predicted octanol–water partition coefficient (Wildman–Crippen LogP) is 2.08. The lowest BCUT2D eigenvalue weighted by atomic mass is 10.3. The van der Waals surface area contributed by atoms with Crippen LogP contribution in [0.15, 0.2) is 22.7 Å². The summed E-state index contributed by atoms with van der Waals surface area (Å²) in [6, 6.07) is 0. The van der Waals surface area contributed by atoms with Crippen molar-refractivity contribution >= 4 is 0 Å². The average molecular weight is 179 g/mol. The number of rotatable bonds is 3. The van der Waals surface area contributed by atoms with Crippen LogP contribution >= 0.6 is 0 Å². The van der Waals surface area contributed by atoms with Crippen LogP contribution in [0.1, 0.15) is 13.7 Å². The summed E-state index contributed by atoms with van der Waals surface area (Å²) < 4.78 is 46.5. The molecule has 0 unspecified atom stereocenters. The molecular formula is C6H5F3N2O. The van der Waals surface area contributed by atoms with Crippen LogP contribution in [0.5, 0.6) is 0 Å². The van der Waals surface area contributed by atoms with E-state index in [-0.39, 0.29) is 18.6 Å². The van der Waals surface area contributed by atoms with Gasteiger partial charge in [0.1, 0.15) is 1.37 Å². The monoisotopic (exact) mass is 179 g/mol. The molecule has 0 spiro atoms. The molecule has 1 aromatic heterocycles. The van der Waals surface area contributed by atoms with Gasteiger partial charge in [0.05, 0.1) is 0 Å². The molecule has 0 saturated carbocycles. The van der Waals surface area contributed by atoms with Gasteiger partial charge >= 0.3 is 6.08 Å². The summed E-state index contributed by atoms with van der Waals surface area (Å²) in [6.45, 7) is 0. The molecule has 1 aromatic rings. The molecule has 0 radical (unpaired) electrons. The molecule has 0 aliphatic rings. The summed E-state index contributed by atoms with van der Waals surface area (Å²) in [4.78, 5) is 3.40. The molecule has 66 valence electrons. The van der Waals surface area contributed by atoms with E-state index in [0.717, 1.165) is 0 Å².